The fourth-order valence-corrected chi connectivity index (χ4v) is 8.33. The monoisotopic (exact) mass is 771 g/mol. The second kappa shape index (κ2) is 14.3. The van der Waals surface area contributed by atoms with Crippen LogP contribution >= 0.6 is 0 Å². The van der Waals surface area contributed by atoms with E-state index in [1.54, 1.807) is 0 Å². The second-order valence-electron chi connectivity index (χ2n) is 17.8. The smallest absolute Gasteiger partial charge is 0.149 e. The van der Waals surface area contributed by atoms with Crippen LogP contribution in [0.15, 0.2) is 150 Å². The Morgan fingerprint density at radius 2 is 1.24 bits per heavy atom. The number of phenols is 1. The number of furan rings is 1. The summed E-state index contributed by atoms with van der Waals surface area (Å²) in [5.41, 5.74) is 14.9. The molecule has 0 aliphatic rings. The van der Waals surface area contributed by atoms with E-state index in [-0.39, 0.29) is 16.6 Å². The number of aromatic hydroxyl groups is 1. The Labute approximate surface area is 346 Å². The van der Waals surface area contributed by atoms with Crippen molar-refractivity contribution in [1.29, 1.82) is 0 Å². The van der Waals surface area contributed by atoms with Gasteiger partial charge in [0.1, 0.15) is 22.9 Å². The van der Waals surface area contributed by atoms with Crippen LogP contribution in [0.1, 0.15) is 63.8 Å². The number of phenolic OH excluding ortho intramolecular Hbond substituents is 1. The van der Waals surface area contributed by atoms with Crippen molar-refractivity contribution in [3.63, 3.8) is 0 Å². The maximum atomic E-state index is 12.3. The summed E-state index contributed by atoms with van der Waals surface area (Å²) in [6.07, 6.45) is 0. The Bertz CT molecular complexity index is 3020. The molecule has 1 N–H and O–H groups in total. The number of benzene rings is 6. The molecule has 0 spiro atoms. The molecule has 0 fully saturated rings. The first-order valence-electron chi connectivity index (χ1n) is 20.4. The van der Waals surface area contributed by atoms with Crippen molar-refractivity contribution in [1.82, 2.24) is 14.5 Å². The van der Waals surface area contributed by atoms with Crippen molar-refractivity contribution < 1.29 is 9.52 Å². The molecule has 6 aromatic carbocycles. The summed E-state index contributed by atoms with van der Waals surface area (Å²) in [5.74, 6) is 1.79. The molecule has 59 heavy (non-hydrogen) atoms. The Morgan fingerprint density at radius 3 is 1.98 bits per heavy atom. The van der Waals surface area contributed by atoms with Crippen molar-refractivity contribution in [3.05, 3.63) is 168 Å². The normalized spacial score (nSPS) is 12.1. The minimum atomic E-state index is -0.311. The van der Waals surface area contributed by atoms with E-state index in [2.05, 4.69) is 193 Å². The number of aryl methyl sites for hydroxylation is 2. The fourth-order valence-electron chi connectivity index (χ4n) is 8.33. The van der Waals surface area contributed by atoms with Crippen molar-refractivity contribution in [2.45, 2.75) is 66.2 Å². The highest BCUT2D eigenvalue weighted by atomic mass is 16.3. The lowest BCUT2D eigenvalue weighted by molar-refractivity contribution is 0.446. The van der Waals surface area contributed by atoms with Crippen LogP contribution < -0.4 is 0 Å². The van der Waals surface area contributed by atoms with Crippen LogP contribution in [0.4, 0.5) is 0 Å². The zero-order valence-electron chi connectivity index (χ0n) is 35.1. The Kier molecular flexibility index (Phi) is 9.16. The molecule has 5 heteroatoms. The zero-order valence-corrected chi connectivity index (χ0v) is 35.1. The van der Waals surface area contributed by atoms with Gasteiger partial charge in [-0.3, -0.25) is 4.57 Å². The van der Waals surface area contributed by atoms with E-state index in [1.165, 1.54) is 11.1 Å². The summed E-state index contributed by atoms with van der Waals surface area (Å²) in [4.78, 5) is 10.8. The van der Waals surface area contributed by atoms with Gasteiger partial charge in [-0.15, -0.1) is 0 Å². The number of para-hydroxylation sites is 2. The van der Waals surface area contributed by atoms with Crippen LogP contribution in [0.5, 0.6) is 5.75 Å². The molecule has 5 nitrogen and oxygen atoms in total. The van der Waals surface area contributed by atoms with E-state index in [4.69, 9.17) is 14.4 Å². The van der Waals surface area contributed by atoms with Gasteiger partial charge < -0.3 is 9.52 Å². The standard InChI is InChI=1S/C54H49N3O2/c1-33-17-14-18-34(2)49(33)48-30-37-28-27-36(29-47(37)59-48)43-23-16-24-44(55-43)40-22-15-26-46-50(40)56-52(41-31-38(53(3,4)5)32-42(51(41)58)54(6,7)8)57(46)45-25-13-12-21-39(45)35-19-10-9-11-20-35/h9-32,58H,1-8H3. The average molecular weight is 772 g/mol. The van der Waals surface area contributed by atoms with Crippen molar-refractivity contribution in [3.8, 4) is 67.8 Å². The minimum absolute atomic E-state index is 0.170. The molecule has 0 aliphatic heterocycles. The number of fused-ring (bicyclic) bond motifs is 2. The first-order chi connectivity index (χ1) is 28.3. The summed E-state index contributed by atoms with van der Waals surface area (Å²) >= 11 is 0. The van der Waals surface area contributed by atoms with Crippen LogP contribution in [-0.2, 0) is 10.8 Å². The third-order valence-corrected chi connectivity index (χ3v) is 11.5. The summed E-state index contributed by atoms with van der Waals surface area (Å²) in [7, 11) is 0. The predicted molar refractivity (Wildman–Crippen MR) is 244 cm³/mol. The van der Waals surface area contributed by atoms with Gasteiger partial charge in [-0.05, 0) is 89.4 Å². The second-order valence-corrected chi connectivity index (χ2v) is 17.8. The van der Waals surface area contributed by atoms with E-state index in [0.29, 0.717) is 11.4 Å². The third-order valence-electron chi connectivity index (χ3n) is 11.5. The SMILES string of the molecule is Cc1cccc(C)c1-c1cc2ccc(-c3cccc(-c4cccc5c4nc(-c4cc(C(C)(C)C)cc(C(C)(C)C)c4O)n5-c4ccccc4-c4ccccc4)n3)cc2o1. The predicted octanol–water partition coefficient (Wildman–Crippen LogP) is 14.4. The van der Waals surface area contributed by atoms with Crippen LogP contribution in [0.2, 0.25) is 0 Å². The highest BCUT2D eigenvalue weighted by Crippen LogP contribution is 2.45. The van der Waals surface area contributed by atoms with Crippen molar-refractivity contribution in [2.75, 3.05) is 0 Å². The zero-order chi connectivity index (χ0) is 41.2. The van der Waals surface area contributed by atoms with Gasteiger partial charge in [0.15, 0.2) is 0 Å². The summed E-state index contributed by atoms with van der Waals surface area (Å²) in [6.45, 7) is 17.3. The molecule has 0 saturated heterocycles. The van der Waals surface area contributed by atoms with Crippen LogP contribution in [-0.4, -0.2) is 19.6 Å². The quantitative estimate of drug-likeness (QED) is 0.183. The van der Waals surface area contributed by atoms with Crippen LogP contribution in [0.25, 0.3) is 84.0 Å². The molecule has 9 aromatic rings. The molecule has 0 amide bonds. The number of imidazole rings is 1. The van der Waals surface area contributed by atoms with Gasteiger partial charge in [0.05, 0.1) is 33.7 Å². The number of pyridine rings is 1. The first-order valence-corrected chi connectivity index (χ1v) is 20.4. The van der Waals surface area contributed by atoms with E-state index in [0.717, 1.165) is 83.8 Å². The van der Waals surface area contributed by atoms with Gasteiger partial charge in [0.2, 0.25) is 0 Å². The maximum absolute atomic E-state index is 12.3. The topological polar surface area (TPSA) is 64.1 Å². The van der Waals surface area contributed by atoms with Crippen molar-refractivity contribution >= 4 is 22.0 Å². The molecule has 3 heterocycles. The largest absolute Gasteiger partial charge is 0.507 e. The van der Waals surface area contributed by atoms with Crippen LogP contribution in [0, 0.1) is 13.8 Å². The van der Waals surface area contributed by atoms with Crippen LogP contribution in [0.3, 0.4) is 0 Å². The maximum Gasteiger partial charge on any atom is 0.149 e. The van der Waals surface area contributed by atoms with Gasteiger partial charge >= 0.3 is 0 Å². The lowest BCUT2D eigenvalue weighted by Gasteiger charge is -2.27. The van der Waals surface area contributed by atoms with E-state index < -0.39 is 0 Å². The molecule has 0 bridgehead atoms. The molecule has 0 aliphatic carbocycles. The lowest BCUT2D eigenvalue weighted by Crippen LogP contribution is -2.17. The summed E-state index contributed by atoms with van der Waals surface area (Å²) in [6, 6.07) is 50.4. The molecule has 0 atom stereocenters. The van der Waals surface area contributed by atoms with Gasteiger partial charge in [-0.25, -0.2) is 9.97 Å². The lowest BCUT2D eigenvalue weighted by atomic mass is 9.79. The van der Waals surface area contributed by atoms with E-state index in [9.17, 15) is 5.11 Å². The molecule has 3 aromatic heterocycles. The highest BCUT2D eigenvalue weighted by molar-refractivity contribution is 5.97. The molecular formula is C54H49N3O2. The summed E-state index contributed by atoms with van der Waals surface area (Å²) < 4.78 is 8.72. The third kappa shape index (κ3) is 6.80. The molecular weight excluding hydrogens is 723 g/mol. The van der Waals surface area contributed by atoms with Gasteiger partial charge in [0.25, 0.3) is 0 Å². The summed E-state index contributed by atoms with van der Waals surface area (Å²) in [5, 5.41) is 13.3. The number of aromatic nitrogens is 3. The Hall–Kier alpha value is -6.72. The number of hydrogen-bond acceptors (Lipinski definition) is 4. The first kappa shape index (κ1) is 37.8. The molecule has 0 unspecified atom stereocenters. The van der Waals surface area contributed by atoms with Crippen molar-refractivity contribution in [2.24, 2.45) is 0 Å². The van der Waals surface area contributed by atoms with Gasteiger partial charge in [0, 0.05) is 33.2 Å². The molecule has 0 saturated carbocycles. The van der Waals surface area contributed by atoms with Gasteiger partial charge in [-0.1, -0.05) is 145 Å². The Morgan fingerprint density at radius 1 is 0.559 bits per heavy atom. The Balaban J connectivity index is 1.25. The molecule has 292 valence electrons. The minimum Gasteiger partial charge on any atom is -0.507 e. The van der Waals surface area contributed by atoms with E-state index in [1.807, 2.05) is 12.1 Å². The number of nitrogens with zero attached hydrogens (tertiary/aromatic N) is 3. The number of rotatable bonds is 6. The van der Waals surface area contributed by atoms with Gasteiger partial charge in [-0.2, -0.15) is 0 Å². The average Bonchev–Trinajstić information content (AvgIpc) is 3.82. The fraction of sp³-hybridized carbons (Fsp3) is 0.185. The van der Waals surface area contributed by atoms with E-state index >= 15 is 0 Å². The molecule has 9 rings (SSSR count). The molecule has 0 radical (unpaired) electrons. The number of hydrogen-bond donors (Lipinski definition) is 1. The highest BCUT2D eigenvalue weighted by Gasteiger charge is 2.29.